The van der Waals surface area contributed by atoms with Gasteiger partial charge in [-0.25, -0.2) is 9.67 Å². The molecule has 0 aliphatic rings. The standard InChI is InChI=1S/C13H9BrCl2N6O/c14-9-4-18-20-11(9)12(23)19-13-17-6-22(21-13)5-7-1-2-8(15)3-10(7)16/h1-4,6H,5H2,(H,18,20)(H,19,21,23). The number of rotatable bonds is 4. The Morgan fingerprint density at radius 3 is 2.91 bits per heavy atom. The highest BCUT2D eigenvalue weighted by Crippen LogP contribution is 2.21. The zero-order chi connectivity index (χ0) is 16.4. The van der Waals surface area contributed by atoms with Crippen LogP contribution in [-0.4, -0.2) is 30.9 Å². The Balaban J connectivity index is 1.71. The molecule has 0 saturated heterocycles. The molecule has 0 fully saturated rings. The lowest BCUT2D eigenvalue weighted by Gasteiger charge is -2.04. The summed E-state index contributed by atoms with van der Waals surface area (Å²) >= 11 is 15.2. The molecule has 2 N–H and O–H groups in total. The minimum atomic E-state index is -0.392. The van der Waals surface area contributed by atoms with Gasteiger partial charge in [0.15, 0.2) is 0 Å². The number of nitrogens with zero attached hydrogens (tertiary/aromatic N) is 4. The quantitative estimate of drug-likeness (QED) is 0.683. The van der Waals surface area contributed by atoms with E-state index in [1.807, 2.05) is 6.07 Å². The van der Waals surface area contributed by atoms with E-state index >= 15 is 0 Å². The molecule has 0 radical (unpaired) electrons. The molecule has 3 rings (SSSR count). The predicted octanol–water partition coefficient (Wildman–Crippen LogP) is 3.37. The number of amides is 1. The maximum Gasteiger partial charge on any atom is 0.277 e. The summed E-state index contributed by atoms with van der Waals surface area (Å²) in [7, 11) is 0. The molecule has 0 atom stereocenters. The van der Waals surface area contributed by atoms with Gasteiger partial charge in [-0.3, -0.25) is 15.2 Å². The molecule has 1 amide bonds. The first-order valence-corrected chi connectivity index (χ1v) is 7.91. The molecule has 0 spiro atoms. The Kier molecular flexibility index (Phi) is 4.65. The first-order valence-electron chi connectivity index (χ1n) is 6.36. The van der Waals surface area contributed by atoms with Crippen molar-refractivity contribution in [3.63, 3.8) is 0 Å². The van der Waals surface area contributed by atoms with E-state index in [4.69, 9.17) is 23.2 Å². The maximum absolute atomic E-state index is 12.0. The van der Waals surface area contributed by atoms with Crippen LogP contribution in [0.5, 0.6) is 0 Å². The van der Waals surface area contributed by atoms with Crippen LogP contribution in [0.1, 0.15) is 16.1 Å². The fourth-order valence-electron chi connectivity index (χ4n) is 1.85. The number of aromatic nitrogens is 5. The van der Waals surface area contributed by atoms with E-state index in [2.05, 4.69) is 41.5 Å². The van der Waals surface area contributed by atoms with Gasteiger partial charge in [0.1, 0.15) is 12.0 Å². The number of carbonyl (C=O) groups is 1. The molecule has 0 bridgehead atoms. The van der Waals surface area contributed by atoms with Crippen LogP contribution >= 0.6 is 39.1 Å². The summed E-state index contributed by atoms with van der Waals surface area (Å²) in [5.41, 5.74) is 1.14. The van der Waals surface area contributed by atoms with Crippen LogP contribution in [-0.2, 0) is 6.54 Å². The second kappa shape index (κ2) is 6.69. The van der Waals surface area contributed by atoms with Crippen molar-refractivity contribution in [3.05, 3.63) is 56.5 Å². The predicted molar refractivity (Wildman–Crippen MR) is 89.8 cm³/mol. The fraction of sp³-hybridized carbons (Fsp3) is 0.0769. The topological polar surface area (TPSA) is 88.5 Å². The Labute approximate surface area is 149 Å². The third-order valence-corrected chi connectivity index (χ3v) is 4.12. The summed E-state index contributed by atoms with van der Waals surface area (Å²) in [6.45, 7) is 0.409. The van der Waals surface area contributed by atoms with Crippen LogP contribution in [0.4, 0.5) is 5.95 Å². The Morgan fingerprint density at radius 1 is 1.39 bits per heavy atom. The molecular weight excluding hydrogens is 407 g/mol. The van der Waals surface area contributed by atoms with Gasteiger partial charge in [-0.1, -0.05) is 29.3 Å². The van der Waals surface area contributed by atoms with Crippen molar-refractivity contribution in [2.24, 2.45) is 0 Å². The van der Waals surface area contributed by atoms with E-state index in [0.717, 1.165) is 5.56 Å². The number of nitrogens with one attached hydrogen (secondary N) is 2. The second-order valence-corrected chi connectivity index (χ2v) is 6.25. The zero-order valence-electron chi connectivity index (χ0n) is 11.4. The average molecular weight is 416 g/mol. The molecule has 118 valence electrons. The summed E-state index contributed by atoms with van der Waals surface area (Å²) in [4.78, 5) is 16.1. The molecule has 3 aromatic rings. The average Bonchev–Trinajstić information content (AvgIpc) is 3.11. The van der Waals surface area contributed by atoms with E-state index in [-0.39, 0.29) is 5.95 Å². The van der Waals surface area contributed by atoms with E-state index in [1.165, 1.54) is 12.5 Å². The summed E-state index contributed by atoms with van der Waals surface area (Å²) in [6, 6.07) is 5.22. The number of benzene rings is 1. The number of anilines is 1. The Hall–Kier alpha value is -1.90. The number of halogens is 3. The highest BCUT2D eigenvalue weighted by molar-refractivity contribution is 9.10. The minimum absolute atomic E-state index is 0.182. The van der Waals surface area contributed by atoms with Gasteiger partial charge in [0, 0.05) is 10.0 Å². The number of aromatic amines is 1. The van der Waals surface area contributed by atoms with Gasteiger partial charge in [-0.2, -0.15) is 5.10 Å². The van der Waals surface area contributed by atoms with Gasteiger partial charge in [0.05, 0.1) is 17.2 Å². The molecule has 23 heavy (non-hydrogen) atoms. The smallest absolute Gasteiger partial charge is 0.277 e. The van der Waals surface area contributed by atoms with Crippen LogP contribution in [0.15, 0.2) is 35.2 Å². The van der Waals surface area contributed by atoms with Crippen molar-refractivity contribution in [2.75, 3.05) is 5.32 Å². The maximum atomic E-state index is 12.0. The van der Waals surface area contributed by atoms with E-state index in [1.54, 1.807) is 16.8 Å². The van der Waals surface area contributed by atoms with Crippen LogP contribution in [0.3, 0.4) is 0 Å². The highest BCUT2D eigenvalue weighted by atomic mass is 79.9. The Bertz CT molecular complexity index is 862. The molecule has 2 heterocycles. The fourth-order valence-corrected chi connectivity index (χ4v) is 2.69. The van der Waals surface area contributed by atoms with Crippen LogP contribution < -0.4 is 5.32 Å². The second-order valence-electron chi connectivity index (χ2n) is 4.55. The lowest BCUT2D eigenvalue weighted by atomic mass is 10.2. The van der Waals surface area contributed by atoms with Crippen LogP contribution in [0.2, 0.25) is 10.0 Å². The van der Waals surface area contributed by atoms with Crippen molar-refractivity contribution in [2.45, 2.75) is 6.54 Å². The van der Waals surface area contributed by atoms with Crippen molar-refractivity contribution in [1.29, 1.82) is 0 Å². The van der Waals surface area contributed by atoms with Crippen molar-refractivity contribution >= 4 is 51.0 Å². The van der Waals surface area contributed by atoms with E-state index in [9.17, 15) is 4.79 Å². The number of H-pyrrole nitrogens is 1. The van der Waals surface area contributed by atoms with Crippen molar-refractivity contribution in [3.8, 4) is 0 Å². The third-order valence-electron chi connectivity index (χ3n) is 2.93. The first kappa shape index (κ1) is 16.0. The summed E-state index contributed by atoms with van der Waals surface area (Å²) in [6.07, 6.45) is 2.99. The number of hydrogen-bond donors (Lipinski definition) is 2. The first-order chi connectivity index (χ1) is 11.0. The van der Waals surface area contributed by atoms with E-state index in [0.29, 0.717) is 26.8 Å². The number of carbonyl (C=O) groups excluding carboxylic acids is 1. The molecule has 10 heteroatoms. The third kappa shape index (κ3) is 3.72. The number of hydrogen-bond acceptors (Lipinski definition) is 4. The largest absolute Gasteiger partial charge is 0.288 e. The SMILES string of the molecule is O=C(Nc1ncn(Cc2ccc(Cl)cc2Cl)n1)c1[nH]ncc1Br. The Morgan fingerprint density at radius 2 is 2.22 bits per heavy atom. The minimum Gasteiger partial charge on any atom is -0.288 e. The summed E-state index contributed by atoms with van der Waals surface area (Å²) < 4.78 is 2.12. The van der Waals surface area contributed by atoms with Gasteiger partial charge in [-0.05, 0) is 33.6 Å². The molecule has 0 aliphatic carbocycles. The molecule has 0 aliphatic heterocycles. The molecule has 0 saturated carbocycles. The summed E-state index contributed by atoms with van der Waals surface area (Å²) in [5, 5.41) is 14.2. The molecule has 2 aromatic heterocycles. The van der Waals surface area contributed by atoms with Gasteiger partial charge >= 0.3 is 0 Å². The molecule has 0 unspecified atom stereocenters. The van der Waals surface area contributed by atoms with Crippen LogP contribution in [0.25, 0.3) is 0 Å². The van der Waals surface area contributed by atoms with Gasteiger partial charge in [0.2, 0.25) is 5.95 Å². The lowest BCUT2D eigenvalue weighted by Crippen LogP contribution is -2.14. The molecule has 7 nitrogen and oxygen atoms in total. The summed E-state index contributed by atoms with van der Waals surface area (Å²) in [5.74, 6) is -0.210. The van der Waals surface area contributed by atoms with Gasteiger partial charge in [0.25, 0.3) is 5.91 Å². The molecular formula is C13H9BrCl2N6O. The van der Waals surface area contributed by atoms with Gasteiger partial charge in [-0.15, -0.1) is 5.10 Å². The molecule has 1 aromatic carbocycles. The zero-order valence-corrected chi connectivity index (χ0v) is 14.5. The highest BCUT2D eigenvalue weighted by Gasteiger charge is 2.14. The normalized spacial score (nSPS) is 10.7. The monoisotopic (exact) mass is 414 g/mol. The van der Waals surface area contributed by atoms with Crippen molar-refractivity contribution in [1.82, 2.24) is 25.0 Å². The van der Waals surface area contributed by atoms with E-state index < -0.39 is 5.91 Å². The van der Waals surface area contributed by atoms with Crippen LogP contribution in [0, 0.1) is 0 Å². The van der Waals surface area contributed by atoms with Gasteiger partial charge < -0.3 is 0 Å². The lowest BCUT2D eigenvalue weighted by molar-refractivity contribution is 0.102. The van der Waals surface area contributed by atoms with Crippen molar-refractivity contribution < 1.29 is 4.79 Å².